The van der Waals surface area contributed by atoms with Gasteiger partial charge in [0.2, 0.25) is 0 Å². The fraction of sp³-hybridized carbons (Fsp3) is 0.265. The van der Waals surface area contributed by atoms with Crippen LogP contribution in [0.5, 0.6) is 5.75 Å². The molecule has 4 rings (SSSR count). The Bertz CT molecular complexity index is 1430. The zero-order valence-electron chi connectivity index (χ0n) is 22.4. The van der Waals surface area contributed by atoms with Crippen LogP contribution < -0.4 is 4.74 Å². The lowest BCUT2D eigenvalue weighted by molar-refractivity contribution is -0.138. The predicted octanol–water partition coefficient (Wildman–Crippen LogP) is 7.50. The molecule has 0 bridgehead atoms. The number of carbonyl (C=O) groups excluding carboxylic acids is 1. The molecule has 0 heterocycles. The Hall–Kier alpha value is -3.96. The number of hydrogen-bond donors (Lipinski definition) is 1. The van der Waals surface area contributed by atoms with Crippen LogP contribution in [0.1, 0.15) is 30.9 Å². The molecule has 1 N–H and O–H groups in total. The van der Waals surface area contributed by atoms with Gasteiger partial charge in [0.25, 0.3) is 0 Å². The summed E-state index contributed by atoms with van der Waals surface area (Å²) in [7, 11) is 0. The molecule has 0 radical (unpaired) electrons. The van der Waals surface area contributed by atoms with Crippen molar-refractivity contribution < 1.29 is 23.8 Å². The molecule has 0 fully saturated rings. The summed E-state index contributed by atoms with van der Waals surface area (Å²) in [5.41, 5.74) is 6.87. The SMILES string of the molecule is C=C(C)C(=O)OCCc1cc(-c2ccc(-c3ccc4cc(CCCCF)ccc4c3)cc2)ccc1OCCO. The maximum atomic E-state index is 12.4. The standard InChI is InChI=1S/C34H35FO4/c1-24(2)34(37)39-19-16-32-23-30(14-15-33(32)38-20-18-36)27-10-8-26(9-11-27)29-13-12-28-21-25(5-3-4-17-35)6-7-31(28)22-29/h6-15,21-23,36H,1,3-5,16-20H2,2H3. The minimum absolute atomic E-state index is 0.0797. The first-order valence-electron chi connectivity index (χ1n) is 13.4. The number of ether oxygens (including phenoxy) is 2. The van der Waals surface area contributed by atoms with Crippen molar-refractivity contribution in [1.82, 2.24) is 0 Å². The summed E-state index contributed by atoms with van der Waals surface area (Å²) < 4.78 is 23.4. The Kier molecular flexibility index (Phi) is 9.87. The number of hydrogen-bond acceptors (Lipinski definition) is 4. The summed E-state index contributed by atoms with van der Waals surface area (Å²) in [5.74, 6) is 0.250. The van der Waals surface area contributed by atoms with E-state index in [1.54, 1.807) is 6.92 Å². The number of halogens is 1. The van der Waals surface area contributed by atoms with Crippen molar-refractivity contribution in [3.8, 4) is 28.0 Å². The van der Waals surface area contributed by atoms with Crippen molar-refractivity contribution in [1.29, 1.82) is 0 Å². The number of aliphatic hydroxyl groups excluding tert-OH is 1. The molecule has 4 aromatic carbocycles. The summed E-state index contributed by atoms with van der Waals surface area (Å²) in [6.07, 6.45) is 2.87. The summed E-state index contributed by atoms with van der Waals surface area (Å²) in [6.45, 7) is 5.31. The van der Waals surface area contributed by atoms with E-state index in [0.717, 1.165) is 40.7 Å². The van der Waals surface area contributed by atoms with Gasteiger partial charge in [-0.05, 0) is 88.5 Å². The van der Waals surface area contributed by atoms with E-state index >= 15 is 0 Å². The highest BCUT2D eigenvalue weighted by atomic mass is 19.1. The number of rotatable bonds is 13. The van der Waals surface area contributed by atoms with E-state index in [0.29, 0.717) is 24.2 Å². The molecule has 0 saturated carbocycles. The monoisotopic (exact) mass is 526 g/mol. The van der Waals surface area contributed by atoms with Crippen LogP contribution in [0.2, 0.25) is 0 Å². The first kappa shape index (κ1) is 28.1. The van der Waals surface area contributed by atoms with Gasteiger partial charge in [-0.25, -0.2) is 4.79 Å². The van der Waals surface area contributed by atoms with Gasteiger partial charge in [-0.15, -0.1) is 0 Å². The first-order chi connectivity index (χ1) is 19.0. The number of aliphatic hydroxyl groups is 1. The number of aryl methyl sites for hydroxylation is 1. The molecule has 202 valence electrons. The Morgan fingerprint density at radius 3 is 2.13 bits per heavy atom. The third-order valence-electron chi connectivity index (χ3n) is 6.67. The third-order valence-corrected chi connectivity index (χ3v) is 6.67. The van der Waals surface area contributed by atoms with Gasteiger partial charge in [-0.1, -0.05) is 67.2 Å². The van der Waals surface area contributed by atoms with Crippen LogP contribution in [-0.4, -0.2) is 37.6 Å². The molecule has 0 saturated heterocycles. The van der Waals surface area contributed by atoms with E-state index in [1.807, 2.05) is 18.2 Å². The van der Waals surface area contributed by atoms with Crippen molar-refractivity contribution in [2.24, 2.45) is 0 Å². The van der Waals surface area contributed by atoms with Crippen molar-refractivity contribution in [3.63, 3.8) is 0 Å². The van der Waals surface area contributed by atoms with Crippen LogP contribution >= 0.6 is 0 Å². The predicted molar refractivity (Wildman–Crippen MR) is 156 cm³/mol. The van der Waals surface area contributed by atoms with Crippen molar-refractivity contribution >= 4 is 16.7 Å². The lowest BCUT2D eigenvalue weighted by Crippen LogP contribution is -2.10. The molecule has 0 aliphatic heterocycles. The number of alkyl halides is 1. The first-order valence-corrected chi connectivity index (χ1v) is 13.4. The van der Waals surface area contributed by atoms with Gasteiger partial charge in [0, 0.05) is 12.0 Å². The maximum Gasteiger partial charge on any atom is 0.333 e. The van der Waals surface area contributed by atoms with E-state index in [-0.39, 0.29) is 26.5 Å². The molecule has 4 nitrogen and oxygen atoms in total. The van der Waals surface area contributed by atoms with E-state index in [9.17, 15) is 14.3 Å². The number of esters is 1. The second-order valence-corrected chi connectivity index (χ2v) is 9.68. The van der Waals surface area contributed by atoms with Gasteiger partial charge in [-0.3, -0.25) is 4.39 Å². The fourth-order valence-corrected chi connectivity index (χ4v) is 4.54. The molecule has 0 amide bonds. The third kappa shape index (κ3) is 7.55. The van der Waals surface area contributed by atoms with Gasteiger partial charge in [-0.2, -0.15) is 0 Å². The minimum Gasteiger partial charge on any atom is -0.491 e. The smallest absolute Gasteiger partial charge is 0.333 e. The molecule has 0 aliphatic rings. The Balaban J connectivity index is 1.51. The summed E-state index contributed by atoms with van der Waals surface area (Å²) in [6, 6.07) is 27.3. The summed E-state index contributed by atoms with van der Waals surface area (Å²) in [4.78, 5) is 11.8. The number of unbranched alkanes of at least 4 members (excludes halogenated alkanes) is 1. The number of fused-ring (bicyclic) bond motifs is 1. The zero-order valence-corrected chi connectivity index (χ0v) is 22.4. The molecule has 0 aromatic heterocycles. The topological polar surface area (TPSA) is 55.8 Å². The quantitative estimate of drug-likeness (QED) is 0.111. The van der Waals surface area contributed by atoms with Crippen LogP contribution in [-0.2, 0) is 22.4 Å². The lowest BCUT2D eigenvalue weighted by atomic mass is 9.96. The van der Waals surface area contributed by atoms with Gasteiger partial charge in [0.1, 0.15) is 12.4 Å². The maximum absolute atomic E-state index is 12.4. The Labute approximate surface area is 229 Å². The summed E-state index contributed by atoms with van der Waals surface area (Å²) >= 11 is 0. The van der Waals surface area contributed by atoms with Crippen LogP contribution in [0.15, 0.2) is 91.0 Å². The highest BCUT2D eigenvalue weighted by Gasteiger charge is 2.10. The van der Waals surface area contributed by atoms with Crippen LogP contribution in [0, 0.1) is 0 Å². The van der Waals surface area contributed by atoms with Crippen LogP contribution in [0.25, 0.3) is 33.0 Å². The van der Waals surface area contributed by atoms with E-state index in [2.05, 4.69) is 67.2 Å². The minimum atomic E-state index is -0.415. The van der Waals surface area contributed by atoms with Gasteiger partial charge in [0.05, 0.1) is 19.9 Å². The lowest BCUT2D eigenvalue weighted by Gasteiger charge is -2.14. The zero-order chi connectivity index (χ0) is 27.6. The molecule has 0 unspecified atom stereocenters. The van der Waals surface area contributed by atoms with E-state index in [4.69, 9.17) is 9.47 Å². The average Bonchev–Trinajstić information content (AvgIpc) is 2.96. The van der Waals surface area contributed by atoms with E-state index < -0.39 is 5.97 Å². The molecule has 39 heavy (non-hydrogen) atoms. The summed E-state index contributed by atoms with van der Waals surface area (Å²) in [5, 5.41) is 11.6. The van der Waals surface area contributed by atoms with Crippen molar-refractivity contribution in [2.45, 2.75) is 32.6 Å². The molecular weight excluding hydrogens is 491 g/mol. The van der Waals surface area contributed by atoms with Crippen LogP contribution in [0.3, 0.4) is 0 Å². The molecule has 0 atom stereocenters. The van der Waals surface area contributed by atoms with E-state index in [1.165, 1.54) is 16.3 Å². The van der Waals surface area contributed by atoms with Gasteiger partial charge < -0.3 is 14.6 Å². The van der Waals surface area contributed by atoms with Crippen LogP contribution in [0.4, 0.5) is 4.39 Å². The average molecular weight is 527 g/mol. The largest absolute Gasteiger partial charge is 0.491 e. The Morgan fingerprint density at radius 2 is 1.44 bits per heavy atom. The van der Waals surface area contributed by atoms with Crippen molar-refractivity contribution in [2.75, 3.05) is 26.5 Å². The molecule has 4 aromatic rings. The fourth-order valence-electron chi connectivity index (χ4n) is 4.54. The normalized spacial score (nSPS) is 10.9. The molecule has 0 aliphatic carbocycles. The highest BCUT2D eigenvalue weighted by molar-refractivity contribution is 5.88. The van der Waals surface area contributed by atoms with Gasteiger partial charge in [0.15, 0.2) is 0 Å². The molecule has 0 spiro atoms. The van der Waals surface area contributed by atoms with Crippen molar-refractivity contribution in [3.05, 3.63) is 102 Å². The molecular formula is C34H35FO4. The second-order valence-electron chi connectivity index (χ2n) is 9.68. The number of benzene rings is 4. The number of carbonyl (C=O) groups is 1. The Morgan fingerprint density at radius 1 is 0.795 bits per heavy atom. The highest BCUT2D eigenvalue weighted by Crippen LogP contribution is 2.31. The molecule has 5 heteroatoms. The van der Waals surface area contributed by atoms with Gasteiger partial charge >= 0.3 is 5.97 Å². The second kappa shape index (κ2) is 13.7.